The number of nitrogens with zero attached hydrogens (tertiary/aromatic N) is 2. The summed E-state index contributed by atoms with van der Waals surface area (Å²) in [5.74, 6) is 0.959. The topological polar surface area (TPSA) is 81.6 Å². The number of carbonyl (C=O) groups is 1. The molecule has 1 fully saturated rings. The van der Waals surface area contributed by atoms with Crippen molar-refractivity contribution in [2.45, 2.75) is 26.0 Å². The third-order valence-corrected chi connectivity index (χ3v) is 4.91. The Balaban J connectivity index is 1.65. The van der Waals surface area contributed by atoms with E-state index in [0.29, 0.717) is 40.6 Å². The van der Waals surface area contributed by atoms with Crippen LogP contribution in [0.2, 0.25) is 10.0 Å². The minimum atomic E-state index is -0.158. The first-order valence-corrected chi connectivity index (χ1v) is 8.78. The molecule has 2 aromatic rings. The van der Waals surface area contributed by atoms with Crippen molar-refractivity contribution in [2.75, 3.05) is 13.1 Å². The van der Waals surface area contributed by atoms with Crippen LogP contribution in [0.25, 0.3) is 0 Å². The van der Waals surface area contributed by atoms with Gasteiger partial charge in [-0.2, -0.15) is 0 Å². The molecule has 0 saturated carbocycles. The Bertz CT molecular complexity index is 745. The van der Waals surface area contributed by atoms with Gasteiger partial charge < -0.3 is 19.9 Å². The van der Waals surface area contributed by atoms with Gasteiger partial charge >= 0.3 is 0 Å². The Morgan fingerprint density at radius 1 is 1.44 bits per heavy atom. The monoisotopic (exact) mass is 383 g/mol. The fourth-order valence-corrected chi connectivity index (χ4v) is 3.50. The molecule has 2 heterocycles. The number of hydrogen-bond acceptors (Lipinski definition) is 5. The Labute approximate surface area is 155 Å². The molecule has 1 aliphatic heterocycles. The van der Waals surface area contributed by atoms with Crippen molar-refractivity contribution in [3.8, 4) is 5.75 Å². The first kappa shape index (κ1) is 18.0. The van der Waals surface area contributed by atoms with Crippen LogP contribution >= 0.6 is 23.2 Å². The van der Waals surface area contributed by atoms with Gasteiger partial charge in [0.2, 0.25) is 0 Å². The lowest BCUT2D eigenvalue weighted by Crippen LogP contribution is -2.34. The van der Waals surface area contributed by atoms with Crippen molar-refractivity contribution in [3.63, 3.8) is 0 Å². The molecule has 25 heavy (non-hydrogen) atoms. The van der Waals surface area contributed by atoms with Crippen LogP contribution in [0.3, 0.4) is 0 Å². The number of para-hydroxylation sites is 1. The second kappa shape index (κ2) is 7.64. The van der Waals surface area contributed by atoms with E-state index in [1.165, 1.54) is 0 Å². The van der Waals surface area contributed by atoms with E-state index >= 15 is 0 Å². The maximum absolute atomic E-state index is 12.6. The van der Waals surface area contributed by atoms with Crippen LogP contribution in [0.1, 0.15) is 29.6 Å². The van der Waals surface area contributed by atoms with E-state index in [-0.39, 0.29) is 24.2 Å². The summed E-state index contributed by atoms with van der Waals surface area (Å²) in [6, 6.07) is 6.81. The van der Waals surface area contributed by atoms with Crippen LogP contribution in [-0.4, -0.2) is 35.1 Å². The van der Waals surface area contributed by atoms with Gasteiger partial charge in [0.25, 0.3) is 5.91 Å². The number of hydrogen-bond donors (Lipinski definition) is 1. The second-order valence-corrected chi connectivity index (χ2v) is 6.98. The Morgan fingerprint density at radius 2 is 2.16 bits per heavy atom. The summed E-state index contributed by atoms with van der Waals surface area (Å²) in [6.45, 7) is 3.30. The van der Waals surface area contributed by atoms with Crippen molar-refractivity contribution < 1.29 is 14.1 Å². The highest BCUT2D eigenvalue weighted by Gasteiger charge is 2.33. The highest BCUT2D eigenvalue weighted by molar-refractivity contribution is 6.37. The first-order chi connectivity index (χ1) is 12.0. The highest BCUT2D eigenvalue weighted by Crippen LogP contribution is 2.33. The van der Waals surface area contributed by atoms with Gasteiger partial charge in [-0.1, -0.05) is 34.4 Å². The van der Waals surface area contributed by atoms with Gasteiger partial charge in [-0.25, -0.2) is 0 Å². The minimum Gasteiger partial charge on any atom is -0.482 e. The summed E-state index contributed by atoms with van der Waals surface area (Å²) in [6.07, 6.45) is 0.904. The zero-order valence-corrected chi connectivity index (χ0v) is 15.3. The van der Waals surface area contributed by atoms with Gasteiger partial charge in [0.1, 0.15) is 6.61 Å². The van der Waals surface area contributed by atoms with Crippen molar-refractivity contribution >= 4 is 29.1 Å². The fourth-order valence-electron chi connectivity index (χ4n) is 2.99. The molecule has 0 bridgehead atoms. The predicted molar refractivity (Wildman–Crippen MR) is 95.0 cm³/mol. The van der Waals surface area contributed by atoms with Gasteiger partial charge in [-0.3, -0.25) is 4.79 Å². The van der Waals surface area contributed by atoms with Gasteiger partial charge in [0.05, 0.1) is 10.0 Å². The number of rotatable bonds is 5. The molecule has 1 aromatic heterocycles. The molecule has 8 heteroatoms. The summed E-state index contributed by atoms with van der Waals surface area (Å²) in [5, 5.41) is 4.67. The molecular formula is C17H19Cl2N3O3. The molecule has 0 spiro atoms. The number of likely N-dealkylation sites (tertiary alicyclic amines) is 1. The molecule has 1 amide bonds. The molecule has 6 nitrogen and oxygen atoms in total. The minimum absolute atomic E-state index is 0.0741. The molecule has 2 atom stereocenters. The van der Waals surface area contributed by atoms with Crippen LogP contribution in [-0.2, 0) is 6.61 Å². The number of nitrogens with two attached hydrogens (primary N) is 1. The molecule has 3 rings (SSSR count). The summed E-state index contributed by atoms with van der Waals surface area (Å²) in [7, 11) is 0. The van der Waals surface area contributed by atoms with E-state index in [9.17, 15) is 4.79 Å². The molecule has 2 N–H and O–H groups in total. The first-order valence-electron chi connectivity index (χ1n) is 8.03. The van der Waals surface area contributed by atoms with E-state index in [2.05, 4.69) is 5.16 Å². The quantitative estimate of drug-likeness (QED) is 0.855. The van der Waals surface area contributed by atoms with Crippen molar-refractivity contribution in [1.82, 2.24) is 10.1 Å². The highest BCUT2D eigenvalue weighted by atomic mass is 35.5. The molecular weight excluding hydrogens is 365 g/mol. The fraction of sp³-hybridized carbons (Fsp3) is 0.412. The molecule has 2 unspecified atom stereocenters. The number of aromatic nitrogens is 1. The van der Waals surface area contributed by atoms with E-state index in [4.69, 9.17) is 38.2 Å². The largest absolute Gasteiger partial charge is 0.482 e. The predicted octanol–water partition coefficient (Wildman–Crippen LogP) is 3.37. The van der Waals surface area contributed by atoms with E-state index in [0.717, 1.165) is 6.42 Å². The van der Waals surface area contributed by atoms with Crippen LogP contribution in [0, 0.1) is 5.92 Å². The van der Waals surface area contributed by atoms with Gasteiger partial charge in [0, 0.05) is 18.7 Å². The normalized spacial score (nSPS) is 20.1. The molecule has 1 aromatic carbocycles. The average molecular weight is 384 g/mol. The second-order valence-electron chi connectivity index (χ2n) is 6.16. The number of ether oxygens (including phenoxy) is 1. The third kappa shape index (κ3) is 3.92. The third-order valence-electron chi connectivity index (χ3n) is 4.31. The molecule has 0 radical (unpaired) electrons. The Hall–Kier alpha value is -1.76. The van der Waals surface area contributed by atoms with Crippen LogP contribution < -0.4 is 10.5 Å². The maximum atomic E-state index is 12.6. The lowest BCUT2D eigenvalue weighted by molar-refractivity contribution is 0.0732. The number of halogens is 2. The van der Waals surface area contributed by atoms with Crippen molar-refractivity contribution in [1.29, 1.82) is 0 Å². The summed E-state index contributed by atoms with van der Waals surface area (Å²) in [4.78, 5) is 14.4. The van der Waals surface area contributed by atoms with Crippen molar-refractivity contribution in [2.24, 2.45) is 11.7 Å². The summed E-state index contributed by atoms with van der Waals surface area (Å²) < 4.78 is 10.8. The molecule has 134 valence electrons. The van der Waals surface area contributed by atoms with Crippen LogP contribution in [0.5, 0.6) is 5.75 Å². The van der Waals surface area contributed by atoms with E-state index in [1.807, 2.05) is 6.92 Å². The Kier molecular flexibility index (Phi) is 5.51. The SMILES string of the molecule is CC1CC(CN)CN1C(=O)c1cc(COc2c(Cl)cccc2Cl)on1. The summed E-state index contributed by atoms with van der Waals surface area (Å²) >= 11 is 12.1. The van der Waals surface area contributed by atoms with Crippen LogP contribution in [0.15, 0.2) is 28.8 Å². The zero-order valence-electron chi connectivity index (χ0n) is 13.7. The number of benzene rings is 1. The number of carbonyl (C=O) groups excluding carboxylic acids is 1. The average Bonchev–Trinajstić information content (AvgIpc) is 3.20. The van der Waals surface area contributed by atoms with Crippen LogP contribution in [0.4, 0.5) is 0 Å². The maximum Gasteiger partial charge on any atom is 0.276 e. The lowest BCUT2D eigenvalue weighted by atomic mass is 10.1. The molecule has 1 saturated heterocycles. The standard InChI is InChI=1S/C17H19Cl2N3O3/c1-10-5-11(7-20)8-22(10)17(23)15-6-12(25-21-15)9-24-16-13(18)3-2-4-14(16)19/h2-4,6,10-11H,5,7-9,20H2,1H3. The smallest absolute Gasteiger partial charge is 0.276 e. The number of amides is 1. The summed E-state index contributed by atoms with van der Waals surface area (Å²) in [5.41, 5.74) is 5.97. The van der Waals surface area contributed by atoms with Gasteiger partial charge in [-0.15, -0.1) is 0 Å². The van der Waals surface area contributed by atoms with Gasteiger partial charge in [-0.05, 0) is 37.9 Å². The lowest BCUT2D eigenvalue weighted by Gasteiger charge is -2.19. The molecule has 1 aliphatic rings. The zero-order chi connectivity index (χ0) is 18.0. The van der Waals surface area contributed by atoms with E-state index in [1.54, 1.807) is 29.2 Å². The Morgan fingerprint density at radius 3 is 2.80 bits per heavy atom. The van der Waals surface area contributed by atoms with E-state index < -0.39 is 0 Å². The van der Waals surface area contributed by atoms with Crippen molar-refractivity contribution in [3.05, 3.63) is 45.8 Å². The van der Waals surface area contributed by atoms with Gasteiger partial charge in [0.15, 0.2) is 17.2 Å². The molecule has 0 aliphatic carbocycles.